The molecule has 3 aromatic rings. The van der Waals surface area contributed by atoms with Crippen LogP contribution in [0.2, 0.25) is 0 Å². The lowest BCUT2D eigenvalue weighted by Gasteiger charge is -2.36. The zero-order chi connectivity index (χ0) is 20.2. The summed E-state index contributed by atoms with van der Waals surface area (Å²) in [6, 6.07) is 12.2. The molecule has 2 aliphatic heterocycles. The van der Waals surface area contributed by atoms with Gasteiger partial charge >= 0.3 is 0 Å². The number of aromatic hydroxyl groups is 1. The summed E-state index contributed by atoms with van der Waals surface area (Å²) in [6.45, 7) is 5.99. The van der Waals surface area contributed by atoms with Crippen LogP contribution < -0.4 is 0 Å². The molecule has 5 rings (SSSR count). The van der Waals surface area contributed by atoms with E-state index in [1.807, 2.05) is 12.1 Å². The molecule has 1 aromatic heterocycles. The molecular formula is C23H24FNO3S. The van der Waals surface area contributed by atoms with Gasteiger partial charge in [0, 0.05) is 33.4 Å². The Hall–Kier alpha value is -2.02. The van der Waals surface area contributed by atoms with Crippen LogP contribution >= 0.6 is 12.0 Å². The van der Waals surface area contributed by atoms with Crippen molar-refractivity contribution in [3.63, 3.8) is 0 Å². The molecule has 2 aromatic carbocycles. The smallest absolute Gasteiger partial charge is 0.125 e. The molecule has 0 aliphatic carbocycles. The summed E-state index contributed by atoms with van der Waals surface area (Å²) in [5, 5.41) is 11.8. The lowest BCUT2D eigenvalue weighted by atomic mass is 9.74. The first-order valence-corrected chi connectivity index (χ1v) is 10.8. The summed E-state index contributed by atoms with van der Waals surface area (Å²) in [5.41, 5.74) is 3.39. The fourth-order valence-corrected chi connectivity index (χ4v) is 5.71. The number of phenolic OH excluding ortho intramolecular Hbond substituents is 1. The molecular weight excluding hydrogens is 389 g/mol. The van der Waals surface area contributed by atoms with Gasteiger partial charge in [-0.15, -0.1) is 0 Å². The Morgan fingerprint density at radius 3 is 2.59 bits per heavy atom. The molecule has 0 saturated carbocycles. The minimum absolute atomic E-state index is 0.259. The summed E-state index contributed by atoms with van der Waals surface area (Å²) in [6.07, 6.45) is 0.914. The number of fused-ring (bicyclic) bond motifs is 4. The van der Waals surface area contributed by atoms with Crippen LogP contribution in [0, 0.1) is 5.82 Å². The van der Waals surface area contributed by atoms with Gasteiger partial charge in [0.05, 0.1) is 25.3 Å². The van der Waals surface area contributed by atoms with E-state index >= 15 is 0 Å². The molecule has 29 heavy (non-hydrogen) atoms. The highest BCUT2D eigenvalue weighted by Crippen LogP contribution is 2.50. The quantitative estimate of drug-likeness (QED) is 0.565. The van der Waals surface area contributed by atoms with E-state index in [2.05, 4.69) is 18.4 Å². The van der Waals surface area contributed by atoms with E-state index in [4.69, 9.17) is 8.92 Å². The van der Waals surface area contributed by atoms with Crippen LogP contribution in [0.3, 0.4) is 0 Å². The molecule has 6 heteroatoms. The molecule has 1 spiro atoms. The van der Waals surface area contributed by atoms with Gasteiger partial charge < -0.3 is 18.6 Å². The first kappa shape index (κ1) is 19.0. The average molecular weight is 414 g/mol. The lowest BCUT2D eigenvalue weighted by molar-refractivity contribution is 0.0451. The Kier molecular flexibility index (Phi) is 4.42. The maximum absolute atomic E-state index is 13.7. The van der Waals surface area contributed by atoms with Gasteiger partial charge in [0.2, 0.25) is 0 Å². The van der Waals surface area contributed by atoms with Crippen molar-refractivity contribution in [3.05, 3.63) is 59.5 Å². The van der Waals surface area contributed by atoms with Gasteiger partial charge in [0.25, 0.3) is 0 Å². The number of rotatable bonds is 1. The van der Waals surface area contributed by atoms with Crippen molar-refractivity contribution in [2.75, 3.05) is 25.6 Å². The number of aromatic nitrogens is 1. The molecule has 1 fully saturated rings. The molecule has 1 atom stereocenters. The highest BCUT2D eigenvalue weighted by atomic mass is 32.2. The van der Waals surface area contributed by atoms with Crippen LogP contribution in [0.15, 0.2) is 42.5 Å². The number of phenols is 1. The van der Waals surface area contributed by atoms with Crippen molar-refractivity contribution >= 4 is 22.9 Å². The number of benzene rings is 2. The van der Waals surface area contributed by atoms with Crippen LogP contribution in [-0.4, -0.2) is 35.2 Å². The third kappa shape index (κ3) is 2.88. The maximum Gasteiger partial charge on any atom is 0.125 e. The summed E-state index contributed by atoms with van der Waals surface area (Å²) in [5.74, 6) is 0.867. The summed E-state index contributed by atoms with van der Waals surface area (Å²) < 4.78 is 27.9. The Morgan fingerprint density at radius 1 is 1.07 bits per heavy atom. The number of halogens is 1. The van der Waals surface area contributed by atoms with E-state index in [9.17, 15) is 9.50 Å². The van der Waals surface area contributed by atoms with Crippen molar-refractivity contribution in [2.24, 2.45) is 0 Å². The zero-order valence-electron chi connectivity index (χ0n) is 16.6. The SMILES string of the molecule is CC1(C)COCC2(CCSOC2)c2c1n(-c1ccc(F)cc1)c1cccc(O)c21. The summed E-state index contributed by atoms with van der Waals surface area (Å²) in [4.78, 5) is 0. The van der Waals surface area contributed by atoms with Crippen LogP contribution in [0.4, 0.5) is 4.39 Å². The molecule has 3 heterocycles. The Balaban J connectivity index is 1.93. The molecule has 1 N–H and O–H groups in total. The second-order valence-electron chi connectivity index (χ2n) is 8.70. The Morgan fingerprint density at radius 2 is 1.86 bits per heavy atom. The molecule has 2 aliphatic rings. The second-order valence-corrected chi connectivity index (χ2v) is 9.58. The molecule has 0 bridgehead atoms. The summed E-state index contributed by atoms with van der Waals surface area (Å²) in [7, 11) is 0. The lowest BCUT2D eigenvalue weighted by Crippen LogP contribution is -2.39. The van der Waals surface area contributed by atoms with Crippen LogP contribution in [-0.2, 0) is 19.7 Å². The van der Waals surface area contributed by atoms with Crippen molar-refractivity contribution in [1.82, 2.24) is 4.57 Å². The first-order chi connectivity index (χ1) is 13.9. The van der Waals surface area contributed by atoms with E-state index in [1.54, 1.807) is 18.2 Å². The fraction of sp³-hybridized carbons (Fsp3) is 0.391. The minimum atomic E-state index is -0.323. The number of ether oxygens (including phenoxy) is 1. The van der Waals surface area contributed by atoms with Gasteiger partial charge in [-0.3, -0.25) is 0 Å². The number of nitrogens with zero attached hydrogens (tertiary/aromatic N) is 1. The van der Waals surface area contributed by atoms with Crippen LogP contribution in [0.1, 0.15) is 31.5 Å². The van der Waals surface area contributed by atoms with Crippen molar-refractivity contribution in [3.8, 4) is 11.4 Å². The molecule has 4 nitrogen and oxygen atoms in total. The zero-order valence-corrected chi connectivity index (χ0v) is 17.4. The topological polar surface area (TPSA) is 43.6 Å². The predicted octanol–water partition coefficient (Wildman–Crippen LogP) is 5.09. The van der Waals surface area contributed by atoms with E-state index in [0.717, 1.165) is 40.0 Å². The number of hydrogen-bond donors (Lipinski definition) is 1. The molecule has 1 unspecified atom stereocenters. The predicted molar refractivity (Wildman–Crippen MR) is 113 cm³/mol. The maximum atomic E-state index is 13.7. The van der Waals surface area contributed by atoms with Gasteiger partial charge in [-0.2, -0.15) is 0 Å². The monoisotopic (exact) mass is 413 g/mol. The normalized spacial score (nSPS) is 23.8. The van der Waals surface area contributed by atoms with Gasteiger partial charge in [-0.05, 0) is 60.4 Å². The Labute approximate surface area is 173 Å². The van der Waals surface area contributed by atoms with E-state index in [-0.39, 0.29) is 22.4 Å². The van der Waals surface area contributed by atoms with E-state index < -0.39 is 0 Å². The molecule has 152 valence electrons. The third-order valence-electron chi connectivity index (χ3n) is 6.15. The largest absolute Gasteiger partial charge is 0.507 e. The van der Waals surface area contributed by atoms with Crippen LogP contribution in [0.5, 0.6) is 5.75 Å². The third-order valence-corrected chi connectivity index (χ3v) is 6.81. The van der Waals surface area contributed by atoms with Gasteiger partial charge in [-0.25, -0.2) is 4.39 Å². The second kappa shape index (κ2) is 6.76. The molecule has 1 saturated heterocycles. The van der Waals surface area contributed by atoms with Crippen LogP contribution in [0.25, 0.3) is 16.6 Å². The summed E-state index contributed by atoms with van der Waals surface area (Å²) >= 11 is 1.49. The highest BCUT2D eigenvalue weighted by molar-refractivity contribution is 7.94. The van der Waals surface area contributed by atoms with Crippen molar-refractivity contribution < 1.29 is 18.4 Å². The van der Waals surface area contributed by atoms with E-state index in [0.29, 0.717) is 19.8 Å². The van der Waals surface area contributed by atoms with Gasteiger partial charge in [-0.1, -0.05) is 19.9 Å². The highest BCUT2D eigenvalue weighted by Gasteiger charge is 2.47. The Bertz CT molecular complexity index is 1070. The molecule has 0 radical (unpaired) electrons. The average Bonchev–Trinajstić information content (AvgIpc) is 3.03. The molecule has 0 amide bonds. The fourth-order valence-electron chi connectivity index (χ4n) is 4.81. The van der Waals surface area contributed by atoms with E-state index in [1.165, 1.54) is 24.2 Å². The minimum Gasteiger partial charge on any atom is -0.507 e. The number of hydrogen-bond acceptors (Lipinski definition) is 4. The van der Waals surface area contributed by atoms with Crippen molar-refractivity contribution in [2.45, 2.75) is 31.1 Å². The first-order valence-electron chi connectivity index (χ1n) is 9.88. The van der Waals surface area contributed by atoms with Crippen molar-refractivity contribution in [1.29, 1.82) is 0 Å². The van der Waals surface area contributed by atoms with Gasteiger partial charge in [0.15, 0.2) is 0 Å². The standard InChI is InChI=1S/C23H24FNO3S/c1-22(2)12-27-13-23(10-11-29-28-14-23)20-19-17(4-3-5-18(19)26)25(21(20)22)16-8-6-15(24)7-9-16/h3-9,26H,10-14H2,1-2H3. The van der Waals surface area contributed by atoms with Gasteiger partial charge in [0.1, 0.15) is 11.6 Å².